The number of hydrogen-bond acceptors (Lipinski definition) is 13. The molecule has 0 unspecified atom stereocenters. The van der Waals surface area contributed by atoms with Crippen LogP contribution in [0, 0.1) is 6.92 Å². The summed E-state index contributed by atoms with van der Waals surface area (Å²) in [5, 5.41) is 19.9. The van der Waals surface area contributed by atoms with Gasteiger partial charge in [0, 0.05) is 102 Å². The highest BCUT2D eigenvalue weighted by Crippen LogP contribution is 2.32. The summed E-state index contributed by atoms with van der Waals surface area (Å²) in [5.74, 6) is 0.434. The highest BCUT2D eigenvalue weighted by atomic mass is 28.3. The van der Waals surface area contributed by atoms with Gasteiger partial charge in [-0.1, -0.05) is 31.8 Å². The van der Waals surface area contributed by atoms with Crippen LogP contribution >= 0.6 is 0 Å². The summed E-state index contributed by atoms with van der Waals surface area (Å²) in [6.45, 7) is 23.3. The summed E-state index contributed by atoms with van der Waals surface area (Å²) in [6, 6.07) is 21.4. The zero-order valence-electron chi connectivity index (χ0n) is 41.8. The Bertz CT molecular complexity index is 2820. The van der Waals surface area contributed by atoms with E-state index in [2.05, 4.69) is 90.5 Å². The summed E-state index contributed by atoms with van der Waals surface area (Å²) in [4.78, 5) is 61.0. The number of carbonyl (C=O) groups excluding carboxylic acids is 3. The van der Waals surface area contributed by atoms with Gasteiger partial charge >= 0.3 is 6.03 Å². The Hall–Kier alpha value is -6.57. The zero-order chi connectivity index (χ0) is 49.3. The van der Waals surface area contributed by atoms with Crippen molar-refractivity contribution in [3.8, 4) is 22.5 Å². The zero-order valence-corrected chi connectivity index (χ0v) is 42.8. The first-order chi connectivity index (χ1) is 33.5. The minimum absolute atomic E-state index is 0.00497. The van der Waals surface area contributed by atoms with Crippen LogP contribution in [0.4, 0.5) is 22.0 Å². The smallest absolute Gasteiger partial charge is 0.333 e. The third-order valence-corrected chi connectivity index (χ3v) is 15.4. The van der Waals surface area contributed by atoms with Crippen molar-refractivity contribution in [1.29, 1.82) is 0 Å². The molecule has 0 bridgehead atoms. The van der Waals surface area contributed by atoms with Crippen molar-refractivity contribution < 1.29 is 19.1 Å². The number of hydrogen-bond donors (Lipinski definition) is 1. The number of ether oxygens (including phenoxy) is 1. The lowest BCUT2D eigenvalue weighted by atomic mass is 9.98. The van der Waals surface area contributed by atoms with Crippen LogP contribution in [0.5, 0.6) is 0 Å². The number of anilines is 3. The van der Waals surface area contributed by atoms with E-state index in [-0.39, 0.29) is 48.4 Å². The Kier molecular flexibility index (Phi) is 13.9. The molecular weight excluding hydrogens is 901 g/mol. The molecule has 0 saturated carbocycles. The molecule has 70 heavy (non-hydrogen) atoms. The van der Waals surface area contributed by atoms with E-state index in [9.17, 15) is 14.4 Å². The standard InChI is InChI=1S/C51H66N14O4Si/c1-35-31-37(9-15-42(35)36(2)54-49(67)48-56-58-65(57-48)51(3,4)5)47-44-17-21-53-64(44)33-43(55-47)38-10-16-45(52-32-38)61-27-25-60(26-28-61)40-18-22-59(23-19-40)39-11-13-41(14-12-39)62-24-20-46(66)63(50(62)68)34-69-29-30-70(6,7)8/h9-17,21,31-33,36,40H,18-20,22-30,34H2,1-8H3,(H,54,67)/t36-/m1/s1. The number of aryl methyl sites for hydroxylation is 1. The number of piperazine rings is 1. The number of carbonyl (C=O) groups is 3. The van der Waals surface area contributed by atoms with Gasteiger partial charge in [0.1, 0.15) is 12.5 Å². The highest BCUT2D eigenvalue weighted by Gasteiger charge is 2.34. The van der Waals surface area contributed by atoms with E-state index in [1.165, 1.54) is 9.70 Å². The van der Waals surface area contributed by atoms with Crippen LogP contribution in [-0.2, 0) is 15.1 Å². The quantitative estimate of drug-likeness (QED) is 0.0854. The van der Waals surface area contributed by atoms with Crippen molar-refractivity contribution in [2.75, 3.05) is 73.9 Å². The molecule has 3 aliphatic rings. The van der Waals surface area contributed by atoms with E-state index in [1.54, 1.807) is 11.1 Å². The Morgan fingerprint density at radius 2 is 1.61 bits per heavy atom. The van der Waals surface area contributed by atoms with Crippen molar-refractivity contribution in [2.24, 2.45) is 0 Å². The highest BCUT2D eigenvalue weighted by molar-refractivity contribution is 6.76. The number of benzene rings is 2. The molecule has 0 aliphatic carbocycles. The molecule has 3 saturated heterocycles. The summed E-state index contributed by atoms with van der Waals surface area (Å²) in [6.07, 6.45) is 8.10. The van der Waals surface area contributed by atoms with Gasteiger partial charge in [0.05, 0.1) is 40.9 Å². The van der Waals surface area contributed by atoms with Crippen molar-refractivity contribution in [3.05, 3.63) is 96.2 Å². The summed E-state index contributed by atoms with van der Waals surface area (Å²) >= 11 is 0. The first kappa shape index (κ1) is 48.4. The Morgan fingerprint density at radius 3 is 2.29 bits per heavy atom. The number of fused-ring (bicyclic) bond motifs is 1. The van der Waals surface area contributed by atoms with Crippen LogP contribution in [0.2, 0.25) is 25.7 Å². The average molecular weight is 967 g/mol. The molecule has 6 aromatic rings. The summed E-state index contributed by atoms with van der Waals surface area (Å²) < 4.78 is 7.64. The van der Waals surface area contributed by atoms with Gasteiger partial charge in [-0.2, -0.15) is 9.90 Å². The molecule has 18 nitrogen and oxygen atoms in total. The van der Waals surface area contributed by atoms with Gasteiger partial charge in [0.15, 0.2) is 0 Å². The lowest BCUT2D eigenvalue weighted by Gasteiger charge is -2.43. The predicted molar refractivity (Wildman–Crippen MR) is 274 cm³/mol. The number of aromatic nitrogens is 8. The number of nitrogens with one attached hydrogen (secondary N) is 1. The number of piperidine rings is 1. The van der Waals surface area contributed by atoms with E-state index in [4.69, 9.17) is 14.7 Å². The van der Waals surface area contributed by atoms with Gasteiger partial charge in [0.25, 0.3) is 11.7 Å². The molecule has 19 heteroatoms. The largest absolute Gasteiger partial charge is 0.371 e. The number of amides is 4. The third-order valence-electron chi connectivity index (χ3n) is 13.7. The SMILES string of the molecule is Cc1cc(-c2nc(-c3ccc(N4CCN(C5CCN(c6ccc(N7CCC(=O)N(COCC[Si](C)(C)C)C7=O)cc6)CC5)CC4)nc3)cn3nccc23)ccc1[C@@H](C)NC(=O)c1nnn(C(C)(C)C)n1. The number of tetrazole rings is 1. The second kappa shape index (κ2) is 20.0. The molecule has 9 rings (SSSR count). The lowest BCUT2D eigenvalue weighted by molar-refractivity contribution is -0.133. The molecular formula is C51H66N14O4Si. The van der Waals surface area contributed by atoms with Crippen LogP contribution in [0.15, 0.2) is 79.3 Å². The fourth-order valence-electron chi connectivity index (χ4n) is 9.48. The predicted octanol–water partition coefficient (Wildman–Crippen LogP) is 7.26. The first-order valence-electron chi connectivity index (χ1n) is 24.6. The lowest BCUT2D eigenvalue weighted by Crippen LogP contribution is -2.53. The van der Waals surface area contributed by atoms with E-state index in [0.717, 1.165) is 115 Å². The molecule has 3 fully saturated rings. The van der Waals surface area contributed by atoms with E-state index in [1.807, 2.05) is 81.9 Å². The second-order valence-electron chi connectivity index (χ2n) is 21.0. The monoisotopic (exact) mass is 967 g/mol. The number of rotatable bonds is 14. The van der Waals surface area contributed by atoms with E-state index < -0.39 is 8.07 Å². The number of urea groups is 1. The van der Waals surface area contributed by atoms with Crippen LogP contribution in [0.3, 0.4) is 0 Å². The van der Waals surface area contributed by atoms with Crippen molar-refractivity contribution >= 4 is 48.6 Å². The molecule has 2 aromatic carbocycles. The Morgan fingerprint density at radius 1 is 0.886 bits per heavy atom. The number of imide groups is 1. The maximum Gasteiger partial charge on any atom is 0.333 e. The van der Waals surface area contributed by atoms with Crippen molar-refractivity contribution in [2.45, 2.75) is 97.2 Å². The topological polar surface area (TPSA) is 175 Å². The van der Waals surface area contributed by atoms with Gasteiger partial charge in [-0.05, 0) is 118 Å². The van der Waals surface area contributed by atoms with E-state index in [0.29, 0.717) is 19.2 Å². The van der Waals surface area contributed by atoms with Crippen LogP contribution in [0.25, 0.3) is 28.0 Å². The van der Waals surface area contributed by atoms with Gasteiger partial charge in [-0.25, -0.2) is 24.2 Å². The summed E-state index contributed by atoms with van der Waals surface area (Å²) in [7, 11) is -1.27. The molecule has 1 N–H and O–H groups in total. The van der Waals surface area contributed by atoms with Gasteiger partial charge in [-0.15, -0.1) is 10.2 Å². The molecule has 3 aliphatic heterocycles. The normalized spacial score (nSPS) is 17.2. The van der Waals surface area contributed by atoms with Crippen molar-refractivity contribution in [3.63, 3.8) is 0 Å². The molecule has 368 valence electrons. The number of nitrogens with zero attached hydrogens (tertiary/aromatic N) is 13. The van der Waals surface area contributed by atoms with Crippen LogP contribution in [0.1, 0.15) is 74.7 Å². The minimum atomic E-state index is -1.27. The maximum atomic E-state index is 13.4. The molecule has 4 aromatic heterocycles. The van der Waals surface area contributed by atoms with Crippen LogP contribution < -0.4 is 20.0 Å². The summed E-state index contributed by atoms with van der Waals surface area (Å²) in [5.41, 5.74) is 7.87. The Balaban J connectivity index is 0.770. The molecule has 0 spiro atoms. The minimum Gasteiger partial charge on any atom is -0.371 e. The molecule has 0 radical (unpaired) electrons. The first-order valence-corrected chi connectivity index (χ1v) is 28.3. The Labute approximate surface area is 411 Å². The van der Waals surface area contributed by atoms with Gasteiger partial charge in [-0.3, -0.25) is 19.4 Å². The van der Waals surface area contributed by atoms with Gasteiger partial charge in [0.2, 0.25) is 5.91 Å². The van der Waals surface area contributed by atoms with E-state index >= 15 is 0 Å². The fourth-order valence-corrected chi connectivity index (χ4v) is 10.2. The third kappa shape index (κ3) is 10.8. The van der Waals surface area contributed by atoms with Crippen molar-refractivity contribution in [1.82, 2.24) is 54.9 Å². The maximum absolute atomic E-state index is 13.4. The average Bonchev–Trinajstić information content (AvgIpc) is 4.05. The van der Waals surface area contributed by atoms with Gasteiger partial charge < -0.3 is 19.9 Å². The number of pyridine rings is 1. The fraction of sp³-hybridized carbons (Fsp3) is 0.471. The van der Waals surface area contributed by atoms with Crippen LogP contribution in [-0.4, -0.2) is 141 Å². The molecule has 7 heterocycles. The molecule has 1 atom stereocenters. The molecule has 4 amide bonds. The second-order valence-corrected chi connectivity index (χ2v) is 26.6.